The lowest BCUT2D eigenvalue weighted by atomic mass is 10.3. The van der Waals surface area contributed by atoms with Crippen LogP contribution in [-0.2, 0) is 11.3 Å². The van der Waals surface area contributed by atoms with Crippen LogP contribution in [0.2, 0.25) is 0 Å². The van der Waals surface area contributed by atoms with Crippen LogP contribution in [0.5, 0.6) is 5.75 Å². The van der Waals surface area contributed by atoms with E-state index in [0.29, 0.717) is 6.54 Å². The highest BCUT2D eigenvalue weighted by Crippen LogP contribution is 2.16. The van der Waals surface area contributed by atoms with Crippen LogP contribution in [0, 0.1) is 0 Å². The van der Waals surface area contributed by atoms with Gasteiger partial charge in [-0.2, -0.15) is 4.57 Å². The molecule has 0 saturated carbocycles. The number of hydrogen-bond donors (Lipinski definition) is 1. The average molecular weight is 299 g/mol. The van der Waals surface area contributed by atoms with Crippen LogP contribution in [-0.4, -0.2) is 13.0 Å². The Kier molecular flexibility index (Phi) is 3.83. The molecule has 2 aromatic carbocycles. The molecular formula is C16H15N2O2S+. The van der Waals surface area contributed by atoms with E-state index in [2.05, 4.69) is 11.4 Å². The third-order valence-corrected chi connectivity index (χ3v) is 4.13. The van der Waals surface area contributed by atoms with E-state index in [4.69, 9.17) is 4.74 Å². The maximum absolute atomic E-state index is 12.1. The van der Waals surface area contributed by atoms with Gasteiger partial charge in [-0.05, 0) is 30.3 Å². The average Bonchev–Trinajstić information content (AvgIpc) is 2.91. The molecule has 0 unspecified atom stereocenters. The lowest BCUT2D eigenvalue weighted by molar-refractivity contribution is -0.653. The predicted molar refractivity (Wildman–Crippen MR) is 83.6 cm³/mol. The van der Waals surface area contributed by atoms with Crippen LogP contribution in [0.3, 0.4) is 0 Å². The Morgan fingerprint density at radius 2 is 1.95 bits per heavy atom. The monoisotopic (exact) mass is 299 g/mol. The second kappa shape index (κ2) is 5.93. The number of thiazole rings is 1. The summed E-state index contributed by atoms with van der Waals surface area (Å²) in [5.41, 5.74) is 3.81. The number of hydrogen-bond acceptors (Lipinski definition) is 3. The molecule has 0 aliphatic rings. The maximum Gasteiger partial charge on any atom is 0.290 e. The Hall–Kier alpha value is -2.40. The van der Waals surface area contributed by atoms with Crippen LogP contribution in [0.4, 0.5) is 5.69 Å². The summed E-state index contributed by atoms with van der Waals surface area (Å²) in [4.78, 5) is 12.1. The third-order valence-electron chi connectivity index (χ3n) is 3.17. The number of nitrogens with one attached hydrogen (secondary N) is 1. The van der Waals surface area contributed by atoms with Crippen molar-refractivity contribution in [3.63, 3.8) is 0 Å². The molecule has 0 spiro atoms. The second-order valence-electron chi connectivity index (χ2n) is 4.60. The number of anilines is 1. The summed E-state index contributed by atoms with van der Waals surface area (Å²) in [5, 5.41) is 2.89. The molecule has 1 aromatic heterocycles. The highest BCUT2D eigenvalue weighted by atomic mass is 32.1. The number of para-hydroxylation sites is 1. The zero-order valence-corrected chi connectivity index (χ0v) is 12.4. The summed E-state index contributed by atoms with van der Waals surface area (Å²) in [6.07, 6.45) is 0. The minimum atomic E-state index is -0.0475. The summed E-state index contributed by atoms with van der Waals surface area (Å²) in [6.45, 7) is 0.302. The molecule has 4 nitrogen and oxygen atoms in total. The Balaban J connectivity index is 1.71. The minimum Gasteiger partial charge on any atom is -0.497 e. The molecule has 1 amide bonds. The molecule has 0 bridgehead atoms. The van der Waals surface area contributed by atoms with Crippen LogP contribution < -0.4 is 14.6 Å². The van der Waals surface area contributed by atoms with Crippen molar-refractivity contribution < 1.29 is 14.1 Å². The normalized spacial score (nSPS) is 10.5. The number of methoxy groups -OCH3 is 1. The van der Waals surface area contributed by atoms with Crippen molar-refractivity contribution in [3.8, 4) is 5.75 Å². The van der Waals surface area contributed by atoms with Gasteiger partial charge in [0.1, 0.15) is 10.4 Å². The van der Waals surface area contributed by atoms with Crippen LogP contribution >= 0.6 is 11.3 Å². The van der Waals surface area contributed by atoms with Gasteiger partial charge in [0.05, 0.1) is 7.11 Å². The van der Waals surface area contributed by atoms with Crippen molar-refractivity contribution in [2.75, 3.05) is 12.4 Å². The first kappa shape index (κ1) is 13.6. The van der Waals surface area contributed by atoms with E-state index in [1.807, 2.05) is 52.5 Å². The van der Waals surface area contributed by atoms with E-state index >= 15 is 0 Å². The van der Waals surface area contributed by atoms with Gasteiger partial charge in [0.25, 0.3) is 5.91 Å². The first-order chi connectivity index (χ1) is 10.3. The number of amides is 1. The molecule has 3 rings (SSSR count). The van der Waals surface area contributed by atoms with E-state index in [-0.39, 0.29) is 5.91 Å². The van der Waals surface area contributed by atoms with Crippen molar-refractivity contribution in [1.29, 1.82) is 0 Å². The minimum absolute atomic E-state index is 0.0475. The first-order valence-corrected chi connectivity index (χ1v) is 7.44. The van der Waals surface area contributed by atoms with E-state index in [1.54, 1.807) is 18.4 Å². The number of fused-ring (bicyclic) bond motifs is 1. The van der Waals surface area contributed by atoms with E-state index in [9.17, 15) is 4.79 Å². The molecule has 1 N–H and O–H groups in total. The molecule has 0 aliphatic carbocycles. The molecule has 0 radical (unpaired) electrons. The molecule has 106 valence electrons. The third kappa shape index (κ3) is 3.03. The van der Waals surface area contributed by atoms with Gasteiger partial charge in [-0.25, -0.2) is 0 Å². The molecule has 1 heterocycles. The van der Waals surface area contributed by atoms with Crippen molar-refractivity contribution in [3.05, 3.63) is 54.0 Å². The van der Waals surface area contributed by atoms with E-state index < -0.39 is 0 Å². The van der Waals surface area contributed by atoms with Gasteiger partial charge in [0.2, 0.25) is 17.6 Å². The quantitative estimate of drug-likeness (QED) is 0.753. The molecule has 0 fully saturated rings. The number of ether oxygens (including phenoxy) is 1. The maximum atomic E-state index is 12.1. The van der Waals surface area contributed by atoms with Crippen LogP contribution in [0.25, 0.3) is 10.2 Å². The fourth-order valence-corrected chi connectivity index (χ4v) is 3.02. The van der Waals surface area contributed by atoms with Gasteiger partial charge in [0.15, 0.2) is 0 Å². The lowest BCUT2D eigenvalue weighted by Crippen LogP contribution is -2.38. The number of rotatable bonds is 4. The smallest absolute Gasteiger partial charge is 0.290 e. The van der Waals surface area contributed by atoms with Crippen molar-refractivity contribution in [2.45, 2.75) is 6.54 Å². The van der Waals surface area contributed by atoms with E-state index in [0.717, 1.165) is 17.0 Å². The Morgan fingerprint density at radius 3 is 2.71 bits per heavy atom. The summed E-state index contributed by atoms with van der Waals surface area (Å²) in [6, 6.07) is 15.4. The van der Waals surface area contributed by atoms with Gasteiger partial charge in [0, 0.05) is 11.8 Å². The Bertz CT molecular complexity index is 765. The summed E-state index contributed by atoms with van der Waals surface area (Å²) in [7, 11) is 1.62. The number of carbonyl (C=O) groups is 1. The van der Waals surface area contributed by atoms with Gasteiger partial charge < -0.3 is 10.1 Å². The fourth-order valence-electron chi connectivity index (χ4n) is 2.12. The highest BCUT2D eigenvalue weighted by Gasteiger charge is 2.15. The van der Waals surface area contributed by atoms with Crippen LogP contribution in [0.15, 0.2) is 54.0 Å². The summed E-state index contributed by atoms with van der Waals surface area (Å²) < 4.78 is 8.23. The SMILES string of the molecule is COc1ccc(NC(=O)C[n+]2csc3ccccc32)cc1. The van der Waals surface area contributed by atoms with Crippen molar-refractivity contribution in [1.82, 2.24) is 0 Å². The van der Waals surface area contributed by atoms with Gasteiger partial charge >= 0.3 is 0 Å². The largest absolute Gasteiger partial charge is 0.497 e. The number of benzene rings is 2. The number of aromatic nitrogens is 1. The highest BCUT2D eigenvalue weighted by molar-refractivity contribution is 7.16. The van der Waals surface area contributed by atoms with Crippen molar-refractivity contribution >= 4 is 33.1 Å². The predicted octanol–water partition coefficient (Wildman–Crippen LogP) is 2.84. The molecular weight excluding hydrogens is 284 g/mol. The molecule has 0 aliphatic heterocycles. The Labute approximate surface area is 126 Å². The molecule has 0 saturated heterocycles. The zero-order valence-electron chi connectivity index (χ0n) is 11.6. The summed E-state index contributed by atoms with van der Waals surface area (Å²) in [5.74, 6) is 0.722. The lowest BCUT2D eigenvalue weighted by Gasteiger charge is -2.04. The molecule has 3 aromatic rings. The van der Waals surface area contributed by atoms with Gasteiger partial charge in [-0.1, -0.05) is 23.5 Å². The van der Waals surface area contributed by atoms with Gasteiger partial charge in [-0.15, -0.1) is 0 Å². The molecule has 5 heteroatoms. The molecule has 0 atom stereocenters. The van der Waals surface area contributed by atoms with E-state index in [1.165, 1.54) is 4.70 Å². The van der Waals surface area contributed by atoms with Gasteiger partial charge in [-0.3, -0.25) is 4.79 Å². The first-order valence-electron chi connectivity index (χ1n) is 6.56. The zero-order chi connectivity index (χ0) is 14.7. The topological polar surface area (TPSA) is 42.2 Å². The number of nitrogens with zero attached hydrogens (tertiary/aromatic N) is 1. The Morgan fingerprint density at radius 1 is 1.19 bits per heavy atom. The fraction of sp³-hybridized carbons (Fsp3) is 0.125. The van der Waals surface area contributed by atoms with Crippen LogP contribution in [0.1, 0.15) is 0 Å². The van der Waals surface area contributed by atoms with Crippen molar-refractivity contribution in [2.24, 2.45) is 0 Å². The number of carbonyl (C=O) groups excluding carboxylic acids is 1. The summed E-state index contributed by atoms with van der Waals surface area (Å²) >= 11 is 1.63. The second-order valence-corrected chi connectivity index (χ2v) is 5.48. The standard InChI is InChI=1S/C16H14N2O2S/c1-20-13-8-6-12(7-9-13)17-16(19)10-18-11-21-15-5-3-2-4-14(15)18/h2-9,11H,10H2,1H3/p+1. The molecule has 21 heavy (non-hydrogen) atoms.